The minimum atomic E-state index is -3.68. The Morgan fingerprint density at radius 1 is 1.14 bits per heavy atom. The first-order chi connectivity index (χ1) is 13.5. The summed E-state index contributed by atoms with van der Waals surface area (Å²) in [5, 5.41) is 13.7. The fourth-order valence-corrected chi connectivity index (χ4v) is 4.51. The Labute approximate surface area is 172 Å². The number of thioether (sulfide) groups is 1. The van der Waals surface area contributed by atoms with E-state index in [4.69, 9.17) is 4.28 Å². The van der Waals surface area contributed by atoms with Gasteiger partial charge in [0.2, 0.25) is 0 Å². The maximum Gasteiger partial charge on any atom is 0.328 e. The lowest BCUT2D eigenvalue weighted by atomic mass is 10.0. The van der Waals surface area contributed by atoms with Crippen LogP contribution in [-0.4, -0.2) is 19.2 Å². The maximum atomic E-state index is 12.0. The van der Waals surface area contributed by atoms with E-state index in [1.807, 2.05) is 31.2 Å². The van der Waals surface area contributed by atoms with Gasteiger partial charge in [-0.15, -0.1) is 0 Å². The molecule has 1 aliphatic rings. The van der Waals surface area contributed by atoms with Crippen LogP contribution in [0.3, 0.4) is 0 Å². The first-order valence-electron chi connectivity index (χ1n) is 9.52. The van der Waals surface area contributed by atoms with Crippen molar-refractivity contribution in [2.75, 3.05) is 5.75 Å². The fraction of sp³-hybridized carbons (Fsp3) is 0.429. The largest absolute Gasteiger partial charge is 0.328 e. The number of hydrogen-bond acceptors (Lipinski definition) is 6. The Morgan fingerprint density at radius 2 is 1.86 bits per heavy atom. The zero-order valence-corrected chi connectivity index (χ0v) is 18.0. The van der Waals surface area contributed by atoms with Crippen molar-refractivity contribution in [1.29, 1.82) is 5.26 Å². The van der Waals surface area contributed by atoms with Gasteiger partial charge in [-0.3, -0.25) is 4.28 Å². The van der Waals surface area contributed by atoms with Gasteiger partial charge < -0.3 is 0 Å². The van der Waals surface area contributed by atoms with Crippen molar-refractivity contribution in [3.05, 3.63) is 52.4 Å². The van der Waals surface area contributed by atoms with Crippen LogP contribution in [0.1, 0.15) is 56.6 Å². The van der Waals surface area contributed by atoms with Crippen molar-refractivity contribution in [2.24, 2.45) is 5.16 Å². The molecular formula is C21H26N2O3S2. The van der Waals surface area contributed by atoms with Gasteiger partial charge >= 0.3 is 10.1 Å². The highest BCUT2D eigenvalue weighted by Gasteiger charge is 2.18. The third-order valence-corrected chi connectivity index (χ3v) is 6.42. The van der Waals surface area contributed by atoms with Gasteiger partial charge in [-0.25, -0.2) is 0 Å². The quantitative estimate of drug-likeness (QED) is 0.283. The molecule has 1 aromatic carbocycles. The van der Waals surface area contributed by atoms with Gasteiger partial charge in [0.15, 0.2) is 0 Å². The molecule has 2 rings (SSSR count). The van der Waals surface area contributed by atoms with E-state index >= 15 is 0 Å². The molecule has 1 aromatic rings. The number of unbranched alkanes of at least 4 members (excludes halogenated alkanes) is 5. The highest BCUT2D eigenvalue weighted by atomic mass is 32.2. The molecule has 0 radical (unpaired) electrons. The second-order valence-corrected chi connectivity index (χ2v) is 9.37. The van der Waals surface area contributed by atoms with Gasteiger partial charge in [0.1, 0.15) is 11.1 Å². The van der Waals surface area contributed by atoms with Crippen LogP contribution in [0.2, 0.25) is 0 Å². The normalized spacial score (nSPS) is 17.0. The van der Waals surface area contributed by atoms with Crippen LogP contribution in [0.15, 0.2) is 46.5 Å². The van der Waals surface area contributed by atoms with Gasteiger partial charge in [0, 0.05) is 4.91 Å². The SMILES string of the molecule is CCCCCCCCS(=O)(=O)ON=C1C=C/C(=C(/C#N)c2ccccc2C)S1. The van der Waals surface area contributed by atoms with Crippen molar-refractivity contribution in [3.8, 4) is 6.07 Å². The molecule has 1 aliphatic heterocycles. The van der Waals surface area contributed by atoms with Crippen molar-refractivity contribution < 1.29 is 12.7 Å². The van der Waals surface area contributed by atoms with E-state index in [1.165, 1.54) is 18.2 Å². The summed E-state index contributed by atoms with van der Waals surface area (Å²) in [6.45, 7) is 4.09. The molecule has 5 nitrogen and oxygen atoms in total. The summed E-state index contributed by atoms with van der Waals surface area (Å²) >= 11 is 1.23. The molecule has 0 saturated heterocycles. The number of rotatable bonds is 10. The van der Waals surface area contributed by atoms with Gasteiger partial charge in [-0.05, 0) is 36.6 Å². The monoisotopic (exact) mass is 418 g/mol. The third-order valence-electron chi connectivity index (χ3n) is 4.35. The molecule has 0 bridgehead atoms. The Bertz CT molecular complexity index is 910. The van der Waals surface area contributed by atoms with Crippen LogP contribution < -0.4 is 0 Å². The molecule has 7 heteroatoms. The van der Waals surface area contributed by atoms with Crippen LogP contribution >= 0.6 is 11.8 Å². The van der Waals surface area contributed by atoms with Crippen LogP contribution in [0, 0.1) is 18.3 Å². The molecule has 0 unspecified atom stereocenters. The van der Waals surface area contributed by atoms with E-state index in [0.717, 1.165) is 41.7 Å². The van der Waals surface area contributed by atoms with Crippen LogP contribution in [0.5, 0.6) is 0 Å². The molecular weight excluding hydrogens is 392 g/mol. The molecule has 1 heterocycles. The number of allylic oxidation sites excluding steroid dienone is 2. The second-order valence-electron chi connectivity index (χ2n) is 6.63. The maximum absolute atomic E-state index is 12.0. The zero-order valence-electron chi connectivity index (χ0n) is 16.3. The van der Waals surface area contributed by atoms with E-state index < -0.39 is 10.1 Å². The summed E-state index contributed by atoms with van der Waals surface area (Å²) in [6, 6.07) is 9.89. The highest BCUT2D eigenvalue weighted by Crippen LogP contribution is 2.34. The zero-order chi connectivity index (χ0) is 20.4. The van der Waals surface area contributed by atoms with E-state index in [1.54, 1.807) is 12.2 Å². The first-order valence-corrected chi connectivity index (χ1v) is 11.9. The van der Waals surface area contributed by atoms with Crippen molar-refractivity contribution in [3.63, 3.8) is 0 Å². The number of aryl methyl sites for hydroxylation is 1. The Kier molecular flexibility index (Phi) is 8.81. The van der Waals surface area contributed by atoms with Gasteiger partial charge in [0.25, 0.3) is 0 Å². The average molecular weight is 419 g/mol. The van der Waals surface area contributed by atoms with Crippen LogP contribution in [0.25, 0.3) is 5.57 Å². The Morgan fingerprint density at radius 3 is 2.57 bits per heavy atom. The van der Waals surface area contributed by atoms with Gasteiger partial charge in [0.05, 0.1) is 11.3 Å². The molecule has 28 heavy (non-hydrogen) atoms. The minimum Gasteiger partial charge on any atom is -0.267 e. The molecule has 0 saturated carbocycles. The molecule has 0 spiro atoms. The number of nitrogens with zero attached hydrogens (tertiary/aromatic N) is 2. The summed E-state index contributed by atoms with van der Waals surface area (Å²) in [5.41, 5.74) is 2.40. The molecule has 0 aromatic heterocycles. The predicted molar refractivity (Wildman–Crippen MR) is 116 cm³/mol. The molecule has 0 atom stereocenters. The van der Waals surface area contributed by atoms with E-state index in [0.29, 0.717) is 17.0 Å². The fourth-order valence-electron chi connectivity index (χ4n) is 2.80. The van der Waals surface area contributed by atoms with Crippen molar-refractivity contribution in [1.82, 2.24) is 0 Å². The molecule has 150 valence electrons. The van der Waals surface area contributed by atoms with Crippen molar-refractivity contribution in [2.45, 2.75) is 52.4 Å². The number of hydrogen-bond donors (Lipinski definition) is 0. The Hall–Kier alpha value is -2.04. The van der Waals surface area contributed by atoms with Crippen LogP contribution in [-0.2, 0) is 14.4 Å². The summed E-state index contributed by atoms with van der Waals surface area (Å²) in [5.74, 6) is -0.0281. The van der Waals surface area contributed by atoms with Crippen molar-refractivity contribution >= 4 is 32.5 Å². The summed E-state index contributed by atoms with van der Waals surface area (Å²) in [4.78, 5) is 0.729. The highest BCUT2D eigenvalue weighted by molar-refractivity contribution is 8.18. The first kappa shape index (κ1) is 22.3. The lowest BCUT2D eigenvalue weighted by Gasteiger charge is -2.06. The number of oxime groups is 1. The molecule has 0 fully saturated rings. The number of benzene rings is 1. The lowest BCUT2D eigenvalue weighted by Crippen LogP contribution is -2.08. The van der Waals surface area contributed by atoms with Gasteiger partial charge in [-0.2, -0.15) is 13.7 Å². The van der Waals surface area contributed by atoms with E-state index in [-0.39, 0.29) is 5.75 Å². The second kappa shape index (κ2) is 11.1. The van der Waals surface area contributed by atoms with E-state index in [9.17, 15) is 13.7 Å². The Balaban J connectivity index is 1.94. The smallest absolute Gasteiger partial charge is 0.267 e. The van der Waals surface area contributed by atoms with Gasteiger partial charge in [-0.1, -0.05) is 80.2 Å². The summed E-state index contributed by atoms with van der Waals surface area (Å²) < 4.78 is 28.8. The topological polar surface area (TPSA) is 79.5 Å². The molecule has 0 amide bonds. The standard InChI is InChI=1S/C21H26N2O3S2/c1-3-4-5-6-7-10-15-28(24,25)26-23-21-14-13-20(27-21)19(16-22)18-12-9-8-11-17(18)2/h8-9,11-14H,3-7,10,15H2,1-2H3/b20-19+,23-21?. The molecule has 0 N–H and O–H groups in total. The summed E-state index contributed by atoms with van der Waals surface area (Å²) in [7, 11) is -3.68. The summed E-state index contributed by atoms with van der Waals surface area (Å²) in [6.07, 6.45) is 9.41. The number of nitriles is 1. The van der Waals surface area contributed by atoms with Crippen LogP contribution in [0.4, 0.5) is 0 Å². The van der Waals surface area contributed by atoms with E-state index in [2.05, 4.69) is 18.1 Å². The average Bonchev–Trinajstić information content (AvgIpc) is 3.14. The third kappa shape index (κ3) is 6.84. The minimum absolute atomic E-state index is 0.0281. The molecule has 0 aliphatic carbocycles. The predicted octanol–water partition coefficient (Wildman–Crippen LogP) is 5.55. The lowest BCUT2D eigenvalue weighted by molar-refractivity contribution is 0.339.